The lowest BCUT2D eigenvalue weighted by Gasteiger charge is -2.33. The van der Waals surface area contributed by atoms with Gasteiger partial charge in [0.2, 0.25) is 0 Å². The van der Waals surface area contributed by atoms with Crippen LogP contribution in [0, 0.1) is 35.4 Å². The molecule has 1 aromatic carbocycles. The fourth-order valence-corrected chi connectivity index (χ4v) is 5.79. The normalized spacial score (nSPS) is 28.1. The number of aliphatic carboxylic acids is 1. The molecule has 2 nitrogen and oxygen atoms in total. The Morgan fingerprint density at radius 1 is 1.03 bits per heavy atom. The van der Waals surface area contributed by atoms with Crippen LogP contribution in [0.4, 0.5) is 4.39 Å². The number of halogens is 2. The molecule has 166 valence electrons. The smallest absolute Gasteiger partial charge is 0.310 e. The van der Waals surface area contributed by atoms with E-state index in [0.29, 0.717) is 0 Å². The average Bonchev–Trinajstić information content (AvgIpc) is 2.75. The van der Waals surface area contributed by atoms with E-state index in [4.69, 9.17) is 11.6 Å². The van der Waals surface area contributed by atoms with E-state index in [2.05, 4.69) is 6.58 Å². The number of carbonyl (C=O) groups is 1. The maximum atomic E-state index is 13.6. The number of hydrogen-bond acceptors (Lipinski definition) is 1. The van der Waals surface area contributed by atoms with E-state index in [1.54, 1.807) is 18.2 Å². The van der Waals surface area contributed by atoms with Gasteiger partial charge in [0.25, 0.3) is 0 Å². The Labute approximate surface area is 185 Å². The Bertz CT molecular complexity index is 703. The number of benzene rings is 1. The minimum atomic E-state index is -0.716. The summed E-state index contributed by atoms with van der Waals surface area (Å²) in [5, 5.41) is 9.52. The van der Waals surface area contributed by atoms with Crippen LogP contribution in [0.2, 0.25) is 5.02 Å². The van der Waals surface area contributed by atoms with Gasteiger partial charge in [-0.3, -0.25) is 4.79 Å². The highest BCUT2D eigenvalue weighted by Gasteiger charge is 2.30. The van der Waals surface area contributed by atoms with Gasteiger partial charge in [-0.1, -0.05) is 75.1 Å². The lowest BCUT2D eigenvalue weighted by atomic mass is 9.72. The molecule has 0 aliphatic heterocycles. The van der Waals surface area contributed by atoms with Gasteiger partial charge in [0.15, 0.2) is 0 Å². The van der Waals surface area contributed by atoms with Crippen LogP contribution in [0.1, 0.15) is 76.2 Å². The Hall–Kier alpha value is -1.35. The van der Waals surface area contributed by atoms with Crippen molar-refractivity contribution in [2.24, 2.45) is 29.6 Å². The highest BCUT2D eigenvalue weighted by atomic mass is 35.5. The minimum absolute atomic E-state index is 0.204. The van der Waals surface area contributed by atoms with Crippen molar-refractivity contribution in [1.82, 2.24) is 0 Å². The second-order valence-corrected chi connectivity index (χ2v) is 10.0. The first kappa shape index (κ1) is 23.3. The number of rotatable bonds is 9. The SMILES string of the molecule is C=CC(C(=O)O)[C@H]1CC[C@H](CC[C@H]2CC[C@H](CCc3ccc(Cl)c(F)c3)CC2)CC1. The lowest BCUT2D eigenvalue weighted by molar-refractivity contribution is -0.142. The molecule has 2 aliphatic rings. The summed E-state index contributed by atoms with van der Waals surface area (Å²) in [7, 11) is 0. The lowest BCUT2D eigenvalue weighted by Crippen LogP contribution is -2.26. The van der Waals surface area contributed by atoms with Crippen LogP contribution in [0.25, 0.3) is 0 Å². The van der Waals surface area contributed by atoms with Gasteiger partial charge in [0, 0.05) is 0 Å². The predicted molar refractivity (Wildman–Crippen MR) is 121 cm³/mol. The van der Waals surface area contributed by atoms with Crippen LogP contribution in [0.15, 0.2) is 30.9 Å². The molecule has 2 fully saturated rings. The molecule has 4 heteroatoms. The molecule has 2 saturated carbocycles. The molecule has 1 N–H and O–H groups in total. The molecule has 3 rings (SSSR count). The summed E-state index contributed by atoms with van der Waals surface area (Å²) < 4.78 is 13.6. The van der Waals surface area contributed by atoms with Gasteiger partial charge in [-0.15, -0.1) is 6.58 Å². The summed E-state index contributed by atoms with van der Waals surface area (Å²) in [5.74, 6) is 1.28. The van der Waals surface area contributed by atoms with Gasteiger partial charge < -0.3 is 5.11 Å². The second-order valence-electron chi connectivity index (χ2n) is 9.63. The molecule has 0 heterocycles. The molecule has 0 bridgehead atoms. The summed E-state index contributed by atoms with van der Waals surface area (Å²) >= 11 is 5.77. The van der Waals surface area contributed by atoms with E-state index < -0.39 is 5.97 Å². The molecule has 1 unspecified atom stereocenters. The molecule has 0 spiro atoms. The van der Waals surface area contributed by atoms with Crippen molar-refractivity contribution in [1.29, 1.82) is 0 Å². The molecule has 2 aliphatic carbocycles. The fraction of sp³-hybridized carbons (Fsp3) is 0.654. The summed E-state index contributed by atoms with van der Waals surface area (Å²) in [6.45, 7) is 3.71. The summed E-state index contributed by atoms with van der Waals surface area (Å²) in [6.07, 6.45) is 16.0. The van der Waals surface area contributed by atoms with Gasteiger partial charge in [-0.2, -0.15) is 0 Å². The maximum Gasteiger partial charge on any atom is 0.310 e. The Balaban J connectivity index is 1.31. The molecule has 30 heavy (non-hydrogen) atoms. The zero-order valence-electron chi connectivity index (χ0n) is 18.0. The van der Waals surface area contributed by atoms with Crippen molar-refractivity contribution in [3.63, 3.8) is 0 Å². The number of aryl methyl sites for hydroxylation is 1. The van der Waals surface area contributed by atoms with Crippen LogP contribution in [0.3, 0.4) is 0 Å². The Morgan fingerprint density at radius 3 is 2.07 bits per heavy atom. The standard InChI is InChI=1S/C26H36ClFO2/c1-2-23(26(29)30)22-14-11-20(12-15-22)8-7-18-3-5-19(6-4-18)9-10-21-13-16-24(27)25(28)17-21/h2,13,16-20,22-23H,1,3-12,14-15H2,(H,29,30)/t18-,19-,20-,22-,23?. The average molecular weight is 435 g/mol. The van der Waals surface area contributed by atoms with E-state index in [1.807, 2.05) is 6.07 Å². The zero-order valence-corrected chi connectivity index (χ0v) is 18.8. The van der Waals surface area contributed by atoms with Crippen molar-refractivity contribution in [2.45, 2.75) is 77.0 Å². The van der Waals surface area contributed by atoms with Crippen molar-refractivity contribution in [2.75, 3.05) is 0 Å². The molecule has 1 aromatic rings. The van der Waals surface area contributed by atoms with Crippen LogP contribution < -0.4 is 0 Å². The van der Waals surface area contributed by atoms with Gasteiger partial charge >= 0.3 is 5.97 Å². The van der Waals surface area contributed by atoms with Gasteiger partial charge in [0.05, 0.1) is 10.9 Å². The Morgan fingerprint density at radius 2 is 1.57 bits per heavy atom. The first-order valence-corrected chi connectivity index (χ1v) is 12.1. The predicted octanol–water partition coefficient (Wildman–Crippen LogP) is 7.69. The van der Waals surface area contributed by atoms with E-state index in [-0.39, 0.29) is 22.7 Å². The van der Waals surface area contributed by atoms with Gasteiger partial charge in [-0.05, 0) is 67.1 Å². The zero-order chi connectivity index (χ0) is 21.5. The minimum Gasteiger partial charge on any atom is -0.481 e. The van der Waals surface area contributed by atoms with Gasteiger partial charge in [0.1, 0.15) is 5.82 Å². The second kappa shape index (κ2) is 11.3. The van der Waals surface area contributed by atoms with E-state index in [1.165, 1.54) is 51.4 Å². The third-order valence-corrected chi connectivity index (χ3v) is 8.02. The fourth-order valence-electron chi connectivity index (χ4n) is 5.68. The molecular formula is C26H36ClFO2. The molecule has 0 amide bonds. The highest BCUT2D eigenvalue weighted by molar-refractivity contribution is 6.30. The molecule has 0 radical (unpaired) electrons. The molecule has 0 saturated heterocycles. The molecule has 0 aromatic heterocycles. The van der Waals surface area contributed by atoms with Crippen molar-refractivity contribution >= 4 is 17.6 Å². The van der Waals surface area contributed by atoms with Crippen molar-refractivity contribution in [3.05, 3.63) is 47.3 Å². The van der Waals surface area contributed by atoms with E-state index in [0.717, 1.165) is 49.0 Å². The van der Waals surface area contributed by atoms with Gasteiger partial charge in [-0.25, -0.2) is 4.39 Å². The maximum absolute atomic E-state index is 13.6. The topological polar surface area (TPSA) is 37.3 Å². The summed E-state index contributed by atoms with van der Waals surface area (Å²) in [6, 6.07) is 5.19. The summed E-state index contributed by atoms with van der Waals surface area (Å²) in [4.78, 5) is 11.3. The Kier molecular flexibility index (Phi) is 8.80. The largest absolute Gasteiger partial charge is 0.481 e. The quantitative estimate of drug-likeness (QED) is 0.404. The van der Waals surface area contributed by atoms with Crippen LogP contribution in [-0.4, -0.2) is 11.1 Å². The highest BCUT2D eigenvalue weighted by Crippen LogP contribution is 2.39. The van der Waals surface area contributed by atoms with Crippen molar-refractivity contribution < 1.29 is 14.3 Å². The van der Waals surface area contributed by atoms with Crippen LogP contribution >= 0.6 is 11.6 Å². The van der Waals surface area contributed by atoms with Crippen molar-refractivity contribution in [3.8, 4) is 0 Å². The number of hydrogen-bond donors (Lipinski definition) is 1. The van der Waals surface area contributed by atoms with Crippen LogP contribution in [-0.2, 0) is 11.2 Å². The summed E-state index contributed by atoms with van der Waals surface area (Å²) in [5.41, 5.74) is 1.05. The monoisotopic (exact) mass is 434 g/mol. The third kappa shape index (κ3) is 6.57. The third-order valence-electron chi connectivity index (χ3n) is 7.71. The number of carboxylic acid groups (broad SMARTS) is 1. The first-order valence-electron chi connectivity index (χ1n) is 11.8. The van der Waals surface area contributed by atoms with Crippen LogP contribution in [0.5, 0.6) is 0 Å². The molecule has 1 atom stereocenters. The number of carboxylic acids is 1. The molecular weight excluding hydrogens is 399 g/mol. The first-order chi connectivity index (χ1) is 14.5. The van der Waals surface area contributed by atoms with E-state index in [9.17, 15) is 14.3 Å². The van der Waals surface area contributed by atoms with E-state index >= 15 is 0 Å².